The number of terminal acetylenes is 1. The van der Waals surface area contributed by atoms with Gasteiger partial charge in [0.25, 0.3) is 0 Å². The Hall–Kier alpha value is -1.45. The fraction of sp³-hybridized carbons (Fsp3) is 0.688. The highest BCUT2D eigenvalue weighted by molar-refractivity contribution is 7.15. The predicted molar refractivity (Wildman–Crippen MR) is 89.9 cm³/mol. The Bertz CT molecular complexity index is 524. The first-order valence-electron chi connectivity index (χ1n) is 7.98. The maximum atomic E-state index is 12.3. The molecule has 0 aromatic carbocycles. The standard InChI is InChI=1S/C16H24N4OS/c1-4-9-20-10-7-13(8-11-20)14(21)17-16-19-18-15(22-16)12(5-2)6-3/h1,12-13H,5-11H2,2-3H3,(H,17,19,21). The summed E-state index contributed by atoms with van der Waals surface area (Å²) in [6.45, 7) is 6.74. The molecule has 1 aliphatic heterocycles. The summed E-state index contributed by atoms with van der Waals surface area (Å²) in [5.74, 6) is 3.21. The first-order chi connectivity index (χ1) is 10.7. The number of hydrogen-bond donors (Lipinski definition) is 1. The van der Waals surface area contributed by atoms with Gasteiger partial charge in [-0.2, -0.15) is 0 Å². The fourth-order valence-electron chi connectivity index (χ4n) is 2.78. The number of rotatable bonds is 6. The van der Waals surface area contributed by atoms with Crippen molar-refractivity contribution in [1.82, 2.24) is 15.1 Å². The van der Waals surface area contributed by atoms with Gasteiger partial charge >= 0.3 is 0 Å². The zero-order chi connectivity index (χ0) is 15.9. The number of nitrogens with zero attached hydrogens (tertiary/aromatic N) is 3. The van der Waals surface area contributed by atoms with E-state index in [1.807, 2.05) is 0 Å². The highest BCUT2D eigenvalue weighted by atomic mass is 32.1. The molecule has 1 fully saturated rings. The molecule has 1 saturated heterocycles. The van der Waals surface area contributed by atoms with Crippen LogP contribution in [0.15, 0.2) is 0 Å². The van der Waals surface area contributed by atoms with Crippen LogP contribution in [-0.4, -0.2) is 40.6 Å². The van der Waals surface area contributed by atoms with Crippen LogP contribution in [0.25, 0.3) is 0 Å². The van der Waals surface area contributed by atoms with Gasteiger partial charge in [-0.1, -0.05) is 31.1 Å². The largest absolute Gasteiger partial charge is 0.300 e. The van der Waals surface area contributed by atoms with E-state index < -0.39 is 0 Å². The molecule has 0 spiro atoms. The van der Waals surface area contributed by atoms with Crippen LogP contribution in [0.1, 0.15) is 50.5 Å². The van der Waals surface area contributed by atoms with Gasteiger partial charge in [0.15, 0.2) is 0 Å². The van der Waals surface area contributed by atoms with E-state index >= 15 is 0 Å². The third kappa shape index (κ3) is 4.28. The first-order valence-corrected chi connectivity index (χ1v) is 8.79. The number of aromatic nitrogens is 2. The Labute approximate surface area is 136 Å². The van der Waals surface area contributed by atoms with Gasteiger partial charge in [0.1, 0.15) is 5.01 Å². The van der Waals surface area contributed by atoms with E-state index in [0.29, 0.717) is 17.6 Å². The molecule has 1 aromatic rings. The van der Waals surface area contributed by atoms with Gasteiger partial charge in [-0.15, -0.1) is 16.6 Å². The fourth-order valence-corrected chi connectivity index (χ4v) is 3.79. The number of hydrogen-bond acceptors (Lipinski definition) is 5. The van der Waals surface area contributed by atoms with Crippen molar-refractivity contribution < 1.29 is 4.79 Å². The van der Waals surface area contributed by atoms with Crippen molar-refractivity contribution in [2.75, 3.05) is 25.0 Å². The van der Waals surface area contributed by atoms with Crippen LogP contribution in [0.2, 0.25) is 0 Å². The minimum Gasteiger partial charge on any atom is -0.300 e. The van der Waals surface area contributed by atoms with Crippen LogP contribution in [0.3, 0.4) is 0 Å². The topological polar surface area (TPSA) is 58.1 Å². The van der Waals surface area contributed by atoms with Gasteiger partial charge in [-0.05, 0) is 38.8 Å². The lowest BCUT2D eigenvalue weighted by Crippen LogP contribution is -2.38. The van der Waals surface area contributed by atoms with E-state index in [4.69, 9.17) is 6.42 Å². The van der Waals surface area contributed by atoms with Crippen LogP contribution in [0.4, 0.5) is 5.13 Å². The van der Waals surface area contributed by atoms with Crippen molar-refractivity contribution in [2.24, 2.45) is 5.92 Å². The number of carbonyl (C=O) groups excluding carboxylic acids is 1. The van der Waals surface area contributed by atoms with E-state index in [9.17, 15) is 4.79 Å². The molecule has 5 nitrogen and oxygen atoms in total. The molecule has 0 radical (unpaired) electrons. The van der Waals surface area contributed by atoms with Gasteiger partial charge in [-0.25, -0.2) is 0 Å². The molecule has 120 valence electrons. The Morgan fingerprint density at radius 2 is 2.09 bits per heavy atom. The molecular weight excluding hydrogens is 296 g/mol. The second kappa shape index (κ2) is 8.25. The third-order valence-electron chi connectivity index (χ3n) is 4.28. The van der Waals surface area contributed by atoms with Gasteiger partial charge < -0.3 is 5.32 Å². The van der Waals surface area contributed by atoms with Crippen molar-refractivity contribution in [3.63, 3.8) is 0 Å². The second-order valence-corrected chi connectivity index (χ2v) is 6.71. The number of carbonyl (C=O) groups is 1. The van der Waals surface area contributed by atoms with Crippen molar-refractivity contribution in [3.8, 4) is 12.3 Å². The third-order valence-corrected chi connectivity index (χ3v) is 5.28. The molecule has 2 rings (SSSR count). The molecule has 0 bridgehead atoms. The van der Waals surface area contributed by atoms with E-state index in [-0.39, 0.29) is 11.8 Å². The second-order valence-electron chi connectivity index (χ2n) is 5.70. The van der Waals surface area contributed by atoms with Crippen LogP contribution in [-0.2, 0) is 4.79 Å². The van der Waals surface area contributed by atoms with Gasteiger partial charge in [-0.3, -0.25) is 9.69 Å². The van der Waals surface area contributed by atoms with Crippen molar-refractivity contribution >= 4 is 22.4 Å². The van der Waals surface area contributed by atoms with E-state index in [0.717, 1.165) is 43.8 Å². The SMILES string of the molecule is C#CCN1CCC(C(=O)Nc2nnc(C(CC)CC)s2)CC1. The highest BCUT2D eigenvalue weighted by Crippen LogP contribution is 2.28. The summed E-state index contributed by atoms with van der Waals surface area (Å²) >= 11 is 1.50. The van der Waals surface area contributed by atoms with Gasteiger partial charge in [0.05, 0.1) is 6.54 Å². The lowest BCUT2D eigenvalue weighted by Gasteiger charge is -2.29. The van der Waals surface area contributed by atoms with Crippen molar-refractivity contribution in [1.29, 1.82) is 0 Å². The number of piperidine rings is 1. The number of nitrogens with one attached hydrogen (secondary N) is 1. The molecule has 2 heterocycles. The molecule has 1 amide bonds. The molecule has 1 N–H and O–H groups in total. The molecule has 0 aliphatic carbocycles. The van der Waals surface area contributed by atoms with E-state index in [1.54, 1.807) is 0 Å². The summed E-state index contributed by atoms with van der Waals surface area (Å²) in [5, 5.41) is 12.9. The lowest BCUT2D eigenvalue weighted by atomic mass is 9.96. The molecule has 1 aromatic heterocycles. The maximum Gasteiger partial charge on any atom is 0.229 e. The van der Waals surface area contributed by atoms with E-state index in [1.165, 1.54) is 11.3 Å². The van der Waals surface area contributed by atoms with Gasteiger partial charge in [0, 0.05) is 11.8 Å². The molecular formula is C16H24N4OS. The van der Waals surface area contributed by atoms with Crippen molar-refractivity contribution in [2.45, 2.75) is 45.4 Å². The number of amides is 1. The normalized spacial score (nSPS) is 16.6. The lowest BCUT2D eigenvalue weighted by molar-refractivity contribution is -0.121. The first kappa shape index (κ1) is 16.9. The minimum absolute atomic E-state index is 0.0505. The quantitative estimate of drug-likeness (QED) is 0.819. The highest BCUT2D eigenvalue weighted by Gasteiger charge is 2.25. The maximum absolute atomic E-state index is 12.3. The molecule has 0 atom stereocenters. The Morgan fingerprint density at radius 1 is 1.41 bits per heavy atom. The Kier molecular flexibility index (Phi) is 6.34. The zero-order valence-electron chi connectivity index (χ0n) is 13.3. The number of likely N-dealkylation sites (tertiary alicyclic amines) is 1. The van der Waals surface area contributed by atoms with Crippen molar-refractivity contribution in [3.05, 3.63) is 5.01 Å². The van der Waals surface area contributed by atoms with Crippen LogP contribution >= 0.6 is 11.3 Å². The molecule has 1 aliphatic rings. The Balaban J connectivity index is 1.86. The summed E-state index contributed by atoms with van der Waals surface area (Å²) in [5.41, 5.74) is 0. The summed E-state index contributed by atoms with van der Waals surface area (Å²) in [6.07, 6.45) is 9.12. The summed E-state index contributed by atoms with van der Waals surface area (Å²) < 4.78 is 0. The average Bonchev–Trinajstić information content (AvgIpc) is 2.98. The molecule has 6 heteroatoms. The average molecular weight is 320 g/mol. The van der Waals surface area contributed by atoms with Crippen LogP contribution in [0.5, 0.6) is 0 Å². The van der Waals surface area contributed by atoms with Gasteiger partial charge in [0.2, 0.25) is 11.0 Å². The minimum atomic E-state index is 0.0505. The summed E-state index contributed by atoms with van der Waals surface area (Å²) in [6, 6.07) is 0. The molecule has 0 saturated carbocycles. The molecule has 0 unspecified atom stereocenters. The Morgan fingerprint density at radius 3 is 2.68 bits per heavy atom. The van der Waals surface area contributed by atoms with E-state index in [2.05, 4.69) is 40.2 Å². The smallest absolute Gasteiger partial charge is 0.229 e. The summed E-state index contributed by atoms with van der Waals surface area (Å²) in [4.78, 5) is 14.5. The van der Waals surface area contributed by atoms with Crippen LogP contribution < -0.4 is 5.32 Å². The molecule has 22 heavy (non-hydrogen) atoms. The monoisotopic (exact) mass is 320 g/mol. The zero-order valence-corrected chi connectivity index (χ0v) is 14.2. The number of anilines is 1. The predicted octanol–water partition coefficient (Wildman–Crippen LogP) is 2.73. The van der Waals surface area contributed by atoms with Crippen LogP contribution in [0, 0.1) is 18.3 Å². The summed E-state index contributed by atoms with van der Waals surface area (Å²) in [7, 11) is 0.